The Balaban J connectivity index is 2.22. The van der Waals surface area contributed by atoms with Crippen LogP contribution in [0.1, 0.15) is 5.56 Å². The molecule has 1 aliphatic heterocycles. The molecule has 0 unspecified atom stereocenters. The van der Waals surface area contributed by atoms with E-state index >= 15 is 0 Å². The number of hydrogen-bond acceptors (Lipinski definition) is 3. The van der Waals surface area contributed by atoms with Gasteiger partial charge in [0.2, 0.25) is 0 Å². The Morgan fingerprint density at radius 1 is 1.25 bits per heavy atom. The van der Waals surface area contributed by atoms with Crippen LogP contribution < -0.4 is 0 Å². The molecule has 1 amide bonds. The van der Waals surface area contributed by atoms with Crippen molar-refractivity contribution < 1.29 is 13.2 Å². The molecule has 6 heteroatoms. The zero-order chi connectivity index (χ0) is 11.8. The molecule has 0 spiro atoms. The monoisotopic (exact) mass is 240 g/mol. The lowest BCUT2D eigenvalue weighted by atomic mass is 10.2. The minimum Gasteiger partial charge on any atom is -0.272 e. The fourth-order valence-electron chi connectivity index (χ4n) is 1.56. The number of amides is 1. The van der Waals surface area contributed by atoms with E-state index in [0.717, 1.165) is 9.87 Å². The van der Waals surface area contributed by atoms with Crippen molar-refractivity contribution in [2.45, 2.75) is 6.54 Å². The summed E-state index contributed by atoms with van der Waals surface area (Å²) in [7, 11) is -2.32. The van der Waals surface area contributed by atoms with E-state index in [1.165, 1.54) is 11.4 Å². The summed E-state index contributed by atoms with van der Waals surface area (Å²) in [4.78, 5) is 11.3. The summed E-state index contributed by atoms with van der Waals surface area (Å²) in [6.07, 6.45) is 0. The molecule has 1 heterocycles. The summed E-state index contributed by atoms with van der Waals surface area (Å²) in [5.74, 6) is -0.393. The minimum atomic E-state index is -3.60. The lowest BCUT2D eigenvalue weighted by molar-refractivity contribution is -0.123. The number of carbonyl (C=O) groups excluding carboxylic acids is 1. The van der Waals surface area contributed by atoms with Crippen molar-refractivity contribution >= 4 is 16.1 Å². The molecule has 0 radical (unpaired) electrons. The first-order valence-electron chi connectivity index (χ1n) is 4.82. The highest BCUT2D eigenvalue weighted by Gasteiger charge is 2.39. The van der Waals surface area contributed by atoms with E-state index in [9.17, 15) is 13.2 Å². The summed E-state index contributed by atoms with van der Waals surface area (Å²) in [6.45, 7) is 0.160. The van der Waals surface area contributed by atoms with Gasteiger partial charge in [-0.2, -0.15) is 12.7 Å². The standard InChI is InChI=1S/C10H12N2O3S/c1-11-10(13)8-12(16(11,14)15)7-9-5-3-2-4-6-9/h2-6H,7-8H2,1H3. The second-order valence-corrected chi connectivity index (χ2v) is 5.58. The molecule has 0 saturated carbocycles. The van der Waals surface area contributed by atoms with Gasteiger partial charge in [0.25, 0.3) is 5.91 Å². The third-order valence-electron chi connectivity index (χ3n) is 2.54. The zero-order valence-electron chi connectivity index (χ0n) is 8.83. The fourth-order valence-corrected chi connectivity index (χ4v) is 2.81. The predicted molar refractivity (Wildman–Crippen MR) is 58.5 cm³/mol. The van der Waals surface area contributed by atoms with Crippen LogP contribution in [0.25, 0.3) is 0 Å². The molecule has 86 valence electrons. The maximum Gasteiger partial charge on any atom is 0.306 e. The first-order valence-corrected chi connectivity index (χ1v) is 6.22. The Labute approximate surface area is 94.5 Å². The lowest BCUT2D eigenvalue weighted by Crippen LogP contribution is -2.30. The molecular formula is C10H12N2O3S. The first-order chi connectivity index (χ1) is 7.51. The lowest BCUT2D eigenvalue weighted by Gasteiger charge is -2.14. The fraction of sp³-hybridized carbons (Fsp3) is 0.300. The molecule has 0 atom stereocenters. The van der Waals surface area contributed by atoms with Crippen molar-refractivity contribution in [2.75, 3.05) is 13.6 Å². The van der Waals surface area contributed by atoms with Gasteiger partial charge in [-0.25, -0.2) is 4.31 Å². The van der Waals surface area contributed by atoms with Crippen LogP contribution in [0.15, 0.2) is 30.3 Å². The Hall–Kier alpha value is -1.40. The SMILES string of the molecule is CN1C(=O)CN(Cc2ccccc2)S1(=O)=O. The summed E-state index contributed by atoms with van der Waals surface area (Å²) in [5.41, 5.74) is 0.870. The maximum absolute atomic E-state index is 11.7. The quantitative estimate of drug-likeness (QED) is 0.742. The molecule has 1 saturated heterocycles. The molecule has 1 aromatic rings. The van der Waals surface area contributed by atoms with Crippen LogP contribution in [-0.4, -0.2) is 36.5 Å². The topological polar surface area (TPSA) is 57.7 Å². The smallest absolute Gasteiger partial charge is 0.272 e. The van der Waals surface area contributed by atoms with Crippen LogP contribution >= 0.6 is 0 Å². The molecule has 16 heavy (non-hydrogen) atoms. The van der Waals surface area contributed by atoms with E-state index in [1.807, 2.05) is 30.3 Å². The van der Waals surface area contributed by atoms with Gasteiger partial charge in [-0.15, -0.1) is 0 Å². The largest absolute Gasteiger partial charge is 0.306 e. The van der Waals surface area contributed by atoms with Crippen molar-refractivity contribution in [3.8, 4) is 0 Å². The average Bonchev–Trinajstić information content (AvgIpc) is 2.45. The third-order valence-corrected chi connectivity index (χ3v) is 4.34. The van der Waals surface area contributed by atoms with Crippen LogP contribution in [0.4, 0.5) is 0 Å². The van der Waals surface area contributed by atoms with Crippen molar-refractivity contribution in [3.63, 3.8) is 0 Å². The minimum absolute atomic E-state index is 0.0757. The summed E-state index contributed by atoms with van der Waals surface area (Å²) in [5, 5.41) is 0. The van der Waals surface area contributed by atoms with Crippen LogP contribution in [0.2, 0.25) is 0 Å². The molecular weight excluding hydrogens is 228 g/mol. The number of carbonyl (C=O) groups is 1. The molecule has 0 aliphatic carbocycles. The number of rotatable bonds is 2. The summed E-state index contributed by atoms with van der Waals surface area (Å²) in [6, 6.07) is 9.20. The van der Waals surface area contributed by atoms with E-state index in [0.29, 0.717) is 0 Å². The van der Waals surface area contributed by atoms with Gasteiger partial charge in [0.05, 0.1) is 6.54 Å². The second kappa shape index (κ2) is 3.88. The Morgan fingerprint density at radius 2 is 1.88 bits per heavy atom. The Kier molecular flexibility index (Phi) is 2.69. The molecule has 0 N–H and O–H groups in total. The van der Waals surface area contributed by atoms with Crippen LogP contribution in [0.3, 0.4) is 0 Å². The normalized spacial score (nSPS) is 20.3. The zero-order valence-corrected chi connectivity index (χ0v) is 9.64. The highest BCUT2D eigenvalue weighted by molar-refractivity contribution is 7.87. The van der Waals surface area contributed by atoms with Gasteiger partial charge in [-0.05, 0) is 5.56 Å². The van der Waals surface area contributed by atoms with Gasteiger partial charge in [0.1, 0.15) is 0 Å². The molecule has 0 aromatic heterocycles. The van der Waals surface area contributed by atoms with Crippen LogP contribution in [0, 0.1) is 0 Å². The summed E-state index contributed by atoms with van der Waals surface area (Å²) >= 11 is 0. The van der Waals surface area contributed by atoms with Crippen molar-refractivity contribution in [1.82, 2.24) is 8.61 Å². The number of hydrogen-bond donors (Lipinski definition) is 0. The van der Waals surface area contributed by atoms with E-state index < -0.39 is 16.1 Å². The number of likely N-dealkylation sites (N-methyl/N-ethyl adjacent to an activating group) is 1. The highest BCUT2D eigenvalue weighted by atomic mass is 32.2. The molecule has 2 rings (SSSR count). The average molecular weight is 240 g/mol. The Bertz CT molecular complexity index is 498. The third kappa shape index (κ3) is 1.81. The number of nitrogens with zero attached hydrogens (tertiary/aromatic N) is 2. The molecule has 1 aliphatic rings. The molecule has 1 fully saturated rings. The van der Waals surface area contributed by atoms with Gasteiger partial charge < -0.3 is 0 Å². The summed E-state index contributed by atoms with van der Waals surface area (Å²) < 4.78 is 25.4. The molecule has 0 bridgehead atoms. The maximum atomic E-state index is 11.7. The van der Waals surface area contributed by atoms with E-state index in [-0.39, 0.29) is 13.1 Å². The van der Waals surface area contributed by atoms with E-state index in [2.05, 4.69) is 0 Å². The van der Waals surface area contributed by atoms with Crippen molar-refractivity contribution in [2.24, 2.45) is 0 Å². The van der Waals surface area contributed by atoms with E-state index in [4.69, 9.17) is 0 Å². The van der Waals surface area contributed by atoms with E-state index in [1.54, 1.807) is 0 Å². The Morgan fingerprint density at radius 3 is 2.38 bits per heavy atom. The predicted octanol–water partition coefficient (Wildman–Crippen LogP) is 0.205. The van der Waals surface area contributed by atoms with Crippen molar-refractivity contribution in [3.05, 3.63) is 35.9 Å². The number of benzene rings is 1. The molecule has 1 aromatic carbocycles. The van der Waals surface area contributed by atoms with Gasteiger partial charge in [-0.3, -0.25) is 4.79 Å². The van der Waals surface area contributed by atoms with Gasteiger partial charge >= 0.3 is 10.2 Å². The van der Waals surface area contributed by atoms with Crippen LogP contribution in [0.5, 0.6) is 0 Å². The van der Waals surface area contributed by atoms with Gasteiger partial charge in [0, 0.05) is 13.6 Å². The highest BCUT2D eigenvalue weighted by Crippen LogP contribution is 2.18. The van der Waals surface area contributed by atoms with Crippen LogP contribution in [-0.2, 0) is 21.5 Å². The second-order valence-electron chi connectivity index (χ2n) is 3.62. The molecule has 5 nitrogen and oxygen atoms in total. The van der Waals surface area contributed by atoms with Gasteiger partial charge in [-0.1, -0.05) is 30.3 Å². The first kappa shape index (κ1) is 11.1. The van der Waals surface area contributed by atoms with Crippen molar-refractivity contribution in [1.29, 1.82) is 0 Å². The van der Waals surface area contributed by atoms with Gasteiger partial charge in [0.15, 0.2) is 0 Å².